The highest BCUT2D eigenvalue weighted by molar-refractivity contribution is 6.34. The molecule has 0 amide bonds. The first-order valence-electron chi connectivity index (χ1n) is 8.53. The lowest BCUT2D eigenvalue weighted by Crippen LogP contribution is -2.05. The van der Waals surface area contributed by atoms with Crippen molar-refractivity contribution in [3.05, 3.63) is 86.8 Å². The number of carbonyl (C=O) groups is 1. The Morgan fingerprint density at radius 1 is 1.04 bits per heavy atom. The summed E-state index contributed by atoms with van der Waals surface area (Å²) in [4.78, 5) is 16.6. The molecular formula is C21H15Cl2N3O2. The molecule has 2 heterocycles. The smallest absolute Gasteiger partial charge is 0.363 e. The largest absolute Gasteiger partial charge is 0.402 e. The van der Waals surface area contributed by atoms with Crippen molar-refractivity contribution in [1.29, 1.82) is 0 Å². The molecular weight excluding hydrogens is 397 g/mol. The van der Waals surface area contributed by atoms with Gasteiger partial charge in [0.1, 0.15) is 5.15 Å². The van der Waals surface area contributed by atoms with Gasteiger partial charge in [0, 0.05) is 5.56 Å². The van der Waals surface area contributed by atoms with Gasteiger partial charge >= 0.3 is 5.97 Å². The second-order valence-electron chi connectivity index (χ2n) is 6.35. The quantitative estimate of drug-likeness (QED) is 0.442. The first-order chi connectivity index (χ1) is 13.4. The number of hydrogen-bond acceptors (Lipinski definition) is 4. The summed E-state index contributed by atoms with van der Waals surface area (Å²) in [5, 5.41) is 5.33. The van der Waals surface area contributed by atoms with Crippen LogP contribution in [0.15, 0.2) is 59.2 Å². The summed E-state index contributed by atoms with van der Waals surface area (Å²) in [5.74, 6) is -0.393. The molecule has 0 radical (unpaired) electrons. The molecule has 5 nitrogen and oxygen atoms in total. The number of esters is 1. The highest BCUT2D eigenvalue weighted by Gasteiger charge is 2.26. The number of halogens is 2. The van der Waals surface area contributed by atoms with Crippen molar-refractivity contribution in [2.75, 3.05) is 0 Å². The number of aryl methyl sites for hydroxylation is 2. The van der Waals surface area contributed by atoms with Crippen molar-refractivity contribution in [3.8, 4) is 5.69 Å². The van der Waals surface area contributed by atoms with Crippen molar-refractivity contribution in [2.45, 2.75) is 13.8 Å². The Bertz CT molecular complexity index is 1140. The summed E-state index contributed by atoms with van der Waals surface area (Å²) in [5.41, 5.74) is 3.95. The molecule has 3 aromatic rings. The number of carbonyl (C=O) groups excluding carboxylic acids is 1. The van der Waals surface area contributed by atoms with Crippen molar-refractivity contribution in [1.82, 2.24) is 9.78 Å². The molecule has 2 aromatic carbocycles. The SMILES string of the molecule is Cc1ccc(-n2nc(C)c(/C=C3\N=C(c4ccccc4Cl)OC3=O)c2Cl)cc1. The van der Waals surface area contributed by atoms with Crippen LogP contribution in [0.5, 0.6) is 0 Å². The van der Waals surface area contributed by atoms with Gasteiger partial charge in [0.2, 0.25) is 5.90 Å². The topological polar surface area (TPSA) is 56.5 Å². The predicted octanol–water partition coefficient (Wildman–Crippen LogP) is 5.14. The standard InChI is InChI=1S/C21H15Cl2N3O2/c1-12-7-9-14(10-8-12)26-19(23)16(13(2)25-26)11-18-21(27)28-20(24-18)15-5-3-4-6-17(15)22/h3-11H,1-2H3/b18-11-. The van der Waals surface area contributed by atoms with E-state index in [0.717, 1.165) is 11.3 Å². The molecule has 1 aromatic heterocycles. The molecule has 0 fully saturated rings. The number of hydrogen-bond donors (Lipinski definition) is 0. The van der Waals surface area contributed by atoms with Crippen LogP contribution in [0.1, 0.15) is 22.4 Å². The summed E-state index contributed by atoms with van der Waals surface area (Å²) in [6, 6.07) is 14.9. The van der Waals surface area contributed by atoms with E-state index in [2.05, 4.69) is 10.1 Å². The van der Waals surface area contributed by atoms with Crippen LogP contribution in [0, 0.1) is 13.8 Å². The van der Waals surface area contributed by atoms with Crippen molar-refractivity contribution < 1.29 is 9.53 Å². The average Bonchev–Trinajstić information content (AvgIpc) is 3.17. The van der Waals surface area contributed by atoms with Gasteiger partial charge in [-0.15, -0.1) is 0 Å². The van der Waals surface area contributed by atoms with Gasteiger partial charge < -0.3 is 4.74 Å². The minimum Gasteiger partial charge on any atom is -0.402 e. The zero-order valence-corrected chi connectivity index (χ0v) is 16.6. The molecule has 140 valence electrons. The van der Waals surface area contributed by atoms with Crippen LogP contribution in [0.3, 0.4) is 0 Å². The highest BCUT2D eigenvalue weighted by atomic mass is 35.5. The molecule has 4 rings (SSSR count). The first kappa shape index (κ1) is 18.5. The maximum Gasteiger partial charge on any atom is 0.363 e. The van der Waals surface area contributed by atoms with Gasteiger partial charge in [-0.2, -0.15) is 5.10 Å². The Morgan fingerprint density at radius 2 is 1.75 bits per heavy atom. The van der Waals surface area contributed by atoms with E-state index in [4.69, 9.17) is 27.9 Å². The van der Waals surface area contributed by atoms with Crippen LogP contribution < -0.4 is 0 Å². The van der Waals surface area contributed by atoms with E-state index in [9.17, 15) is 4.79 Å². The second-order valence-corrected chi connectivity index (χ2v) is 7.12. The number of aromatic nitrogens is 2. The third-order valence-electron chi connectivity index (χ3n) is 4.33. The number of ether oxygens (including phenoxy) is 1. The van der Waals surface area contributed by atoms with Gasteiger partial charge in [0.25, 0.3) is 0 Å². The molecule has 0 atom stereocenters. The molecule has 0 unspecified atom stereocenters. The van der Waals surface area contributed by atoms with Crippen molar-refractivity contribution >= 4 is 41.1 Å². The fraction of sp³-hybridized carbons (Fsp3) is 0.0952. The van der Waals surface area contributed by atoms with E-state index >= 15 is 0 Å². The first-order valence-corrected chi connectivity index (χ1v) is 9.29. The molecule has 1 aliphatic rings. The van der Waals surface area contributed by atoms with E-state index in [0.29, 0.717) is 27.0 Å². The molecule has 0 saturated carbocycles. The van der Waals surface area contributed by atoms with Crippen LogP contribution in [0.2, 0.25) is 10.2 Å². The zero-order valence-electron chi connectivity index (χ0n) is 15.1. The van der Waals surface area contributed by atoms with Crippen molar-refractivity contribution in [2.24, 2.45) is 4.99 Å². The maximum atomic E-state index is 12.3. The van der Waals surface area contributed by atoms with Gasteiger partial charge in [0.05, 0.1) is 22.0 Å². The lowest BCUT2D eigenvalue weighted by atomic mass is 10.2. The molecule has 1 aliphatic heterocycles. The average molecular weight is 412 g/mol. The van der Waals surface area contributed by atoms with Crippen LogP contribution in [-0.2, 0) is 9.53 Å². The Balaban J connectivity index is 1.74. The maximum absolute atomic E-state index is 12.3. The fourth-order valence-electron chi connectivity index (χ4n) is 2.83. The molecule has 7 heteroatoms. The lowest BCUT2D eigenvalue weighted by molar-refractivity contribution is -0.129. The number of nitrogens with zero attached hydrogens (tertiary/aromatic N) is 3. The fourth-order valence-corrected chi connectivity index (χ4v) is 3.37. The molecule has 0 spiro atoms. The molecule has 0 aliphatic carbocycles. The summed E-state index contributed by atoms with van der Waals surface area (Å²) < 4.78 is 6.91. The minimum absolute atomic E-state index is 0.142. The van der Waals surface area contributed by atoms with Gasteiger partial charge in [-0.1, -0.05) is 53.0 Å². The summed E-state index contributed by atoms with van der Waals surface area (Å²) in [7, 11) is 0. The Kier molecular flexibility index (Phi) is 4.79. The molecule has 0 saturated heterocycles. The number of benzene rings is 2. The number of aliphatic imine (C=N–C) groups is 1. The van der Waals surface area contributed by atoms with Gasteiger partial charge in [-0.25, -0.2) is 14.5 Å². The van der Waals surface area contributed by atoms with E-state index in [1.165, 1.54) is 0 Å². The van der Waals surface area contributed by atoms with Gasteiger partial charge in [0.15, 0.2) is 5.70 Å². The van der Waals surface area contributed by atoms with Crippen LogP contribution in [0.4, 0.5) is 0 Å². The molecule has 0 N–H and O–H groups in total. The Morgan fingerprint density at radius 3 is 2.46 bits per heavy atom. The van der Waals surface area contributed by atoms with E-state index in [1.807, 2.05) is 38.1 Å². The van der Waals surface area contributed by atoms with E-state index in [-0.39, 0.29) is 11.6 Å². The van der Waals surface area contributed by atoms with Crippen LogP contribution in [-0.4, -0.2) is 21.6 Å². The predicted molar refractivity (Wildman–Crippen MR) is 110 cm³/mol. The summed E-state index contributed by atoms with van der Waals surface area (Å²) >= 11 is 12.7. The minimum atomic E-state index is -0.562. The normalized spacial score (nSPS) is 15.1. The second kappa shape index (κ2) is 7.26. The van der Waals surface area contributed by atoms with Gasteiger partial charge in [-0.05, 0) is 44.2 Å². The third kappa shape index (κ3) is 3.35. The third-order valence-corrected chi connectivity index (χ3v) is 5.03. The lowest BCUT2D eigenvalue weighted by Gasteiger charge is -2.03. The van der Waals surface area contributed by atoms with E-state index in [1.54, 1.807) is 35.0 Å². The Labute approximate surface area is 171 Å². The highest BCUT2D eigenvalue weighted by Crippen LogP contribution is 2.29. The zero-order chi connectivity index (χ0) is 19.8. The van der Waals surface area contributed by atoms with Crippen molar-refractivity contribution in [3.63, 3.8) is 0 Å². The summed E-state index contributed by atoms with van der Waals surface area (Å²) in [6.45, 7) is 3.83. The number of rotatable bonds is 3. The molecule has 28 heavy (non-hydrogen) atoms. The van der Waals surface area contributed by atoms with E-state index < -0.39 is 5.97 Å². The van der Waals surface area contributed by atoms with Gasteiger partial charge in [-0.3, -0.25) is 0 Å². The van der Waals surface area contributed by atoms with Crippen LogP contribution >= 0.6 is 23.2 Å². The Hall–Kier alpha value is -2.89. The summed E-state index contributed by atoms with van der Waals surface area (Å²) in [6.07, 6.45) is 1.58. The number of cyclic esters (lactones) is 1. The molecule has 0 bridgehead atoms. The van der Waals surface area contributed by atoms with Crippen LogP contribution in [0.25, 0.3) is 11.8 Å². The monoisotopic (exact) mass is 411 g/mol.